The lowest BCUT2D eigenvalue weighted by molar-refractivity contribution is -0.398. The average molecular weight is 170 g/mol. The van der Waals surface area contributed by atoms with E-state index in [2.05, 4.69) is 10.2 Å². The number of alkyl halides is 3. The van der Waals surface area contributed by atoms with Gasteiger partial charge in [0.1, 0.15) is 0 Å². The van der Waals surface area contributed by atoms with Crippen molar-refractivity contribution in [3.05, 3.63) is 11.6 Å². The Morgan fingerprint density at radius 1 is 1.60 bits per heavy atom. The summed E-state index contributed by atoms with van der Waals surface area (Å²) in [6, 6.07) is 0. The summed E-state index contributed by atoms with van der Waals surface area (Å²) >= 11 is 1.12. The van der Waals surface area contributed by atoms with Crippen LogP contribution < -0.4 is 0 Å². The van der Waals surface area contributed by atoms with Crippen molar-refractivity contribution in [2.75, 3.05) is 5.88 Å². The van der Waals surface area contributed by atoms with Crippen LogP contribution in [-0.4, -0.2) is 17.3 Å². The van der Waals surface area contributed by atoms with Gasteiger partial charge in [-0.25, -0.2) is 5.06 Å². The summed E-state index contributed by atoms with van der Waals surface area (Å²) < 4.78 is 34.2. The highest BCUT2D eigenvalue weighted by Gasteiger charge is 2.33. The molecule has 57 valence electrons. The van der Waals surface area contributed by atoms with Gasteiger partial charge in [0.15, 0.2) is 0 Å². The molecule has 0 aromatic carbocycles. The fourth-order valence-corrected chi connectivity index (χ4v) is 0.941. The van der Waals surface area contributed by atoms with Gasteiger partial charge in [-0.15, -0.1) is 13.2 Å². The zero-order valence-electron chi connectivity index (χ0n) is 4.68. The minimum atomic E-state index is -4.59. The van der Waals surface area contributed by atoms with E-state index in [1.54, 1.807) is 0 Å². The molecule has 0 saturated carbocycles. The molecule has 0 aromatic rings. The van der Waals surface area contributed by atoms with Crippen molar-refractivity contribution in [1.29, 1.82) is 0 Å². The lowest BCUT2D eigenvalue weighted by Crippen LogP contribution is -2.25. The van der Waals surface area contributed by atoms with E-state index in [-0.39, 0.29) is 5.88 Å². The molecule has 1 rings (SSSR count). The largest absolute Gasteiger partial charge is 0.544 e. The third-order valence-corrected chi connectivity index (χ3v) is 1.35. The van der Waals surface area contributed by atoms with Crippen molar-refractivity contribution >= 4 is 11.8 Å². The molecule has 0 bridgehead atoms. The lowest BCUT2D eigenvalue weighted by Gasteiger charge is -2.15. The number of hydrogen-bond acceptors (Lipinski definition) is 3. The number of halogens is 3. The lowest BCUT2D eigenvalue weighted by atomic mass is 11.0. The molecule has 6 heteroatoms. The summed E-state index contributed by atoms with van der Waals surface area (Å²) in [5, 5.41) is 3.16. The van der Waals surface area contributed by atoms with E-state index in [9.17, 15) is 13.2 Å². The van der Waals surface area contributed by atoms with Gasteiger partial charge in [-0.2, -0.15) is 4.84 Å². The van der Waals surface area contributed by atoms with Crippen molar-refractivity contribution in [3.63, 3.8) is 0 Å². The molecule has 2 nitrogen and oxygen atoms in total. The minimum absolute atomic E-state index is 0.138. The number of nitrogens with zero attached hydrogens (tertiary/aromatic N) is 1. The Kier molecular flexibility index (Phi) is 2.10. The van der Waals surface area contributed by atoms with E-state index in [4.69, 9.17) is 0 Å². The fourth-order valence-electron chi connectivity index (χ4n) is 0.420. The van der Waals surface area contributed by atoms with Crippen LogP contribution in [0.25, 0.3) is 0 Å². The maximum Gasteiger partial charge on any atom is 0.544 e. The van der Waals surface area contributed by atoms with Gasteiger partial charge in [-0.3, -0.25) is 0 Å². The molecule has 0 aliphatic carbocycles. The van der Waals surface area contributed by atoms with Crippen molar-refractivity contribution in [3.8, 4) is 0 Å². The van der Waals surface area contributed by atoms with Crippen molar-refractivity contribution in [2.45, 2.75) is 6.36 Å². The van der Waals surface area contributed by atoms with Crippen LogP contribution >= 0.6 is 11.8 Å². The third kappa shape index (κ3) is 2.49. The van der Waals surface area contributed by atoms with Gasteiger partial charge >= 0.3 is 6.36 Å². The molecule has 0 aromatic heterocycles. The summed E-state index contributed by atoms with van der Waals surface area (Å²) in [5.41, 5.74) is 0. The average Bonchev–Trinajstić information content (AvgIpc) is 2.12. The Hall–Kier alpha value is -0.360. The van der Waals surface area contributed by atoms with E-state index in [0.29, 0.717) is 5.06 Å². The Bertz CT molecular complexity index is 146. The number of rotatable bonds is 1. The molecule has 0 unspecified atom stereocenters. The van der Waals surface area contributed by atoms with Crippen molar-refractivity contribution in [1.82, 2.24) is 5.06 Å². The third-order valence-electron chi connectivity index (χ3n) is 0.693. The van der Waals surface area contributed by atoms with E-state index >= 15 is 0 Å². The van der Waals surface area contributed by atoms with Crippen LogP contribution in [-0.2, 0) is 4.84 Å². The van der Waals surface area contributed by atoms with Crippen molar-refractivity contribution < 1.29 is 18.0 Å². The number of hydroxylamine groups is 2. The Morgan fingerprint density at radius 2 is 2.30 bits per heavy atom. The Morgan fingerprint density at radius 3 is 2.70 bits per heavy atom. The first-order valence-electron chi connectivity index (χ1n) is 2.31. The van der Waals surface area contributed by atoms with Gasteiger partial charge in [-0.05, 0) is 0 Å². The monoisotopic (exact) mass is 170 g/mol. The van der Waals surface area contributed by atoms with Crippen LogP contribution in [0.4, 0.5) is 13.2 Å². The molecule has 1 radical (unpaired) electrons. The topological polar surface area (TPSA) is 12.5 Å². The zero-order valence-corrected chi connectivity index (χ0v) is 5.50. The molecule has 0 atom stereocenters. The normalized spacial score (nSPS) is 18.5. The molecule has 1 aliphatic rings. The zero-order chi connectivity index (χ0) is 7.61. The molecule has 0 amide bonds. The first kappa shape index (κ1) is 7.74. The van der Waals surface area contributed by atoms with E-state index in [1.807, 2.05) is 0 Å². The molecule has 1 heterocycles. The van der Waals surface area contributed by atoms with Crippen LogP contribution in [0.2, 0.25) is 0 Å². The summed E-state index contributed by atoms with van der Waals surface area (Å²) in [5.74, 6) is 0.138. The van der Waals surface area contributed by atoms with E-state index < -0.39 is 6.36 Å². The first-order chi connectivity index (χ1) is 4.58. The number of thioether (sulfide) groups is 1. The second kappa shape index (κ2) is 2.71. The highest BCUT2D eigenvalue weighted by Crippen LogP contribution is 2.23. The molecule has 0 N–H and O–H groups in total. The smallest absolute Gasteiger partial charge is 0.241 e. The van der Waals surface area contributed by atoms with Crippen molar-refractivity contribution in [2.24, 2.45) is 0 Å². The summed E-state index contributed by atoms with van der Waals surface area (Å²) in [4.78, 5) is 3.49. The van der Waals surface area contributed by atoms with E-state index in [0.717, 1.165) is 18.0 Å². The van der Waals surface area contributed by atoms with Gasteiger partial charge < -0.3 is 0 Å². The van der Waals surface area contributed by atoms with Gasteiger partial charge in [-0.1, -0.05) is 11.8 Å². The molecule has 0 fully saturated rings. The summed E-state index contributed by atoms with van der Waals surface area (Å²) in [6.45, 7) is 0. The standard InChI is InChI=1S/C4H3F3NOS/c5-4(6,7)9-8-1-2-10-3-8/h1H,3H2. The summed E-state index contributed by atoms with van der Waals surface area (Å²) in [6.07, 6.45) is -3.48. The quantitative estimate of drug-likeness (QED) is 0.594. The minimum Gasteiger partial charge on any atom is -0.241 e. The molecular formula is C4H3F3NOS. The molecule has 0 saturated heterocycles. The number of hydrogen-bond donors (Lipinski definition) is 0. The molecule has 10 heavy (non-hydrogen) atoms. The predicted octanol–water partition coefficient (Wildman–Crippen LogP) is 1.72. The van der Waals surface area contributed by atoms with Crippen LogP contribution in [0.1, 0.15) is 0 Å². The summed E-state index contributed by atoms with van der Waals surface area (Å²) in [7, 11) is 0. The molecule has 1 aliphatic heterocycles. The SMILES string of the molecule is FC(F)(F)ON1C=[C]SC1. The Labute approximate surface area is 59.6 Å². The van der Waals surface area contributed by atoms with Gasteiger partial charge in [0.2, 0.25) is 0 Å². The van der Waals surface area contributed by atoms with Crippen LogP contribution in [0.3, 0.4) is 0 Å². The first-order valence-corrected chi connectivity index (χ1v) is 3.30. The van der Waals surface area contributed by atoms with Crippen LogP contribution in [0.15, 0.2) is 6.20 Å². The highest BCUT2D eigenvalue weighted by atomic mass is 32.2. The van der Waals surface area contributed by atoms with Gasteiger partial charge in [0, 0.05) is 11.6 Å². The van der Waals surface area contributed by atoms with Crippen LogP contribution in [0, 0.1) is 5.41 Å². The fraction of sp³-hybridized carbons (Fsp3) is 0.500. The second-order valence-electron chi connectivity index (χ2n) is 1.47. The second-order valence-corrected chi connectivity index (χ2v) is 2.26. The van der Waals surface area contributed by atoms with Gasteiger partial charge in [0.25, 0.3) is 0 Å². The van der Waals surface area contributed by atoms with Crippen LogP contribution in [0.5, 0.6) is 0 Å². The maximum atomic E-state index is 11.4. The maximum absolute atomic E-state index is 11.4. The molecule has 0 spiro atoms. The predicted molar refractivity (Wildman–Crippen MR) is 29.2 cm³/mol. The van der Waals surface area contributed by atoms with Gasteiger partial charge in [0.05, 0.1) is 5.88 Å². The molecular weight excluding hydrogens is 167 g/mol. The highest BCUT2D eigenvalue weighted by molar-refractivity contribution is 8.01. The Balaban J connectivity index is 2.31. The van der Waals surface area contributed by atoms with E-state index in [1.165, 1.54) is 0 Å².